The average Bonchev–Trinajstić information content (AvgIpc) is 1.76. The Labute approximate surface area is 555 Å². The standard InChI is InChI=1S/C67H111ClF3N11O11/c1-16-42(8)56-64(92)77(11)38-55(85)82-32-29-49(82)63(91)79(13)52(36-45-21-26-47(68)27-22-45)62(90)76(10)37-53(83)73-48(28-23-44-19-24-46(25-20-44)67(69,70)71)61(89)78(12)51(34-40(4)5)59(87)75-66(30-17-18-31-66)65(93)80(14)50(33-39(2)3)58(86)72-43(9)35-54(84)81(15)57(41(6)7)60(88)74-56/h39-52,56-57H,16-38H2,1-15H3,(H,72,86)(H,73,83)(H,74,88)(H,75,87)/t42-,43+,44?,45?,46?,47?,48-,49-,50-,51-,52-,56-,57-/m0/s1. The molecule has 22 nitrogen and oxygen atoms in total. The van der Waals surface area contributed by atoms with E-state index in [4.69, 9.17) is 11.6 Å². The van der Waals surface area contributed by atoms with Gasteiger partial charge in [-0.15, -0.1) is 11.6 Å². The summed E-state index contributed by atoms with van der Waals surface area (Å²) >= 11 is 6.52. The molecule has 11 amide bonds. The van der Waals surface area contributed by atoms with Crippen LogP contribution in [-0.2, 0) is 52.7 Å². The Morgan fingerprint density at radius 2 is 1.13 bits per heavy atom. The monoisotopic (exact) mass is 1340 g/mol. The van der Waals surface area contributed by atoms with Gasteiger partial charge in [-0.3, -0.25) is 52.7 Å². The lowest BCUT2D eigenvalue weighted by atomic mass is 9.79. The average molecular weight is 1340 g/mol. The molecule has 0 aromatic rings. The van der Waals surface area contributed by atoms with Gasteiger partial charge in [0.25, 0.3) is 0 Å². The van der Waals surface area contributed by atoms with Crippen LogP contribution in [0.1, 0.15) is 191 Å². The van der Waals surface area contributed by atoms with E-state index in [1.807, 2.05) is 34.6 Å². The molecule has 0 bridgehead atoms. The van der Waals surface area contributed by atoms with Gasteiger partial charge in [-0.1, -0.05) is 74.7 Å². The summed E-state index contributed by atoms with van der Waals surface area (Å²) in [5.41, 5.74) is -1.50. The van der Waals surface area contributed by atoms with Gasteiger partial charge in [-0.25, -0.2) is 0 Å². The predicted octanol–water partition coefficient (Wildman–Crippen LogP) is 6.25. The number of amides is 11. The van der Waals surface area contributed by atoms with Crippen LogP contribution in [0.3, 0.4) is 0 Å². The largest absolute Gasteiger partial charge is 0.391 e. The minimum atomic E-state index is -4.35. The van der Waals surface area contributed by atoms with Gasteiger partial charge in [0.2, 0.25) is 65.0 Å². The van der Waals surface area contributed by atoms with Crippen LogP contribution in [0.5, 0.6) is 0 Å². The van der Waals surface area contributed by atoms with Crippen molar-refractivity contribution in [3.05, 3.63) is 0 Å². The molecule has 0 aromatic carbocycles. The lowest BCUT2D eigenvalue weighted by molar-refractivity contribution is -0.184. The van der Waals surface area contributed by atoms with Gasteiger partial charge >= 0.3 is 6.18 Å². The first kappa shape index (κ1) is 78.0. The zero-order chi connectivity index (χ0) is 69.7. The Bertz CT molecular complexity index is 2630. The zero-order valence-electron chi connectivity index (χ0n) is 58.1. The number of nitrogens with one attached hydrogen (secondary N) is 4. The van der Waals surface area contributed by atoms with Crippen LogP contribution in [-0.4, -0.2) is 227 Å². The van der Waals surface area contributed by atoms with E-state index in [9.17, 15) is 51.5 Å². The van der Waals surface area contributed by atoms with Gasteiger partial charge < -0.3 is 55.6 Å². The second-order valence-corrected chi connectivity index (χ2v) is 29.8. The van der Waals surface area contributed by atoms with Gasteiger partial charge in [-0.2, -0.15) is 13.2 Å². The van der Waals surface area contributed by atoms with Crippen LogP contribution in [0.15, 0.2) is 0 Å². The Balaban J connectivity index is 1.56. The number of likely N-dealkylation sites (N-methyl/N-ethyl adjacent to an activating group) is 6. The fourth-order valence-corrected chi connectivity index (χ4v) is 14.7. The minimum Gasteiger partial charge on any atom is -0.351 e. The molecule has 0 radical (unpaired) electrons. The number of carbonyl (C=O) groups is 11. The van der Waals surface area contributed by atoms with Crippen molar-refractivity contribution in [1.29, 1.82) is 0 Å². The smallest absolute Gasteiger partial charge is 0.351 e. The number of alkyl halides is 4. The molecular formula is C67H111ClF3N11O11. The molecule has 93 heavy (non-hydrogen) atoms. The molecule has 0 aromatic heterocycles. The van der Waals surface area contributed by atoms with Gasteiger partial charge in [0.15, 0.2) is 0 Å². The van der Waals surface area contributed by atoms with Crippen molar-refractivity contribution < 1.29 is 65.9 Å². The molecule has 26 heteroatoms. The van der Waals surface area contributed by atoms with Gasteiger partial charge in [0.1, 0.15) is 47.8 Å². The summed E-state index contributed by atoms with van der Waals surface area (Å²) in [5.74, 6) is -9.43. The van der Waals surface area contributed by atoms with E-state index in [1.54, 1.807) is 27.7 Å². The summed E-state index contributed by atoms with van der Waals surface area (Å²) in [6, 6.07) is -8.74. The topological polar surface area (TPSA) is 259 Å². The predicted molar refractivity (Wildman–Crippen MR) is 347 cm³/mol. The highest BCUT2D eigenvalue weighted by Gasteiger charge is 2.50. The number of nitrogens with zero attached hydrogens (tertiary/aromatic N) is 7. The van der Waals surface area contributed by atoms with E-state index < -0.39 is 156 Å². The first-order valence-corrected chi connectivity index (χ1v) is 34.6. The molecule has 5 rings (SSSR count). The molecule has 5 fully saturated rings. The molecule has 2 heterocycles. The Morgan fingerprint density at radius 3 is 1.66 bits per heavy atom. The van der Waals surface area contributed by atoms with Crippen LogP contribution >= 0.6 is 11.6 Å². The van der Waals surface area contributed by atoms with E-state index in [0.29, 0.717) is 44.9 Å². The summed E-state index contributed by atoms with van der Waals surface area (Å²) in [5, 5.41) is 11.7. The van der Waals surface area contributed by atoms with Crippen molar-refractivity contribution in [3.8, 4) is 0 Å². The number of halogens is 4. The summed E-state index contributed by atoms with van der Waals surface area (Å²) in [4.78, 5) is 170. The van der Waals surface area contributed by atoms with Crippen molar-refractivity contribution in [2.24, 2.45) is 41.4 Å². The van der Waals surface area contributed by atoms with Crippen LogP contribution in [0, 0.1) is 41.4 Å². The van der Waals surface area contributed by atoms with Crippen LogP contribution < -0.4 is 21.3 Å². The third kappa shape index (κ3) is 20.6. The van der Waals surface area contributed by atoms with Crippen molar-refractivity contribution in [1.82, 2.24) is 55.6 Å². The normalized spacial score (nSPS) is 30.6. The van der Waals surface area contributed by atoms with E-state index in [1.165, 1.54) is 76.6 Å². The Kier molecular flexibility index (Phi) is 28.7. The van der Waals surface area contributed by atoms with Gasteiger partial charge in [-0.05, 0) is 145 Å². The molecule has 1 spiro atoms. The second-order valence-electron chi connectivity index (χ2n) is 29.2. The third-order valence-electron chi connectivity index (χ3n) is 20.6. The number of carbonyl (C=O) groups excluding carboxylic acids is 11. The van der Waals surface area contributed by atoms with Gasteiger partial charge in [0, 0.05) is 66.7 Å². The first-order chi connectivity index (χ1) is 43.4. The van der Waals surface area contributed by atoms with Crippen LogP contribution in [0.2, 0.25) is 0 Å². The molecule has 4 N–H and O–H groups in total. The fraction of sp³-hybridized carbons (Fsp3) is 0.836. The zero-order valence-corrected chi connectivity index (χ0v) is 58.9. The van der Waals surface area contributed by atoms with Crippen molar-refractivity contribution in [2.75, 3.05) is 61.9 Å². The number of fused-ring (bicyclic) bond motifs is 1. The fourth-order valence-electron chi connectivity index (χ4n) is 14.4. The lowest BCUT2D eigenvalue weighted by Crippen LogP contribution is -2.64. The second kappa shape index (κ2) is 34.3. The van der Waals surface area contributed by atoms with Crippen molar-refractivity contribution in [2.45, 2.75) is 256 Å². The molecule has 3 saturated carbocycles. The maximum absolute atomic E-state index is 15.2. The van der Waals surface area contributed by atoms with E-state index >= 15 is 14.4 Å². The maximum Gasteiger partial charge on any atom is 0.391 e. The Morgan fingerprint density at radius 1 is 0.581 bits per heavy atom. The molecule has 2 aliphatic heterocycles. The highest BCUT2D eigenvalue weighted by Crippen LogP contribution is 2.41. The lowest BCUT2D eigenvalue weighted by Gasteiger charge is -2.44. The SMILES string of the molecule is CC[C@H](C)[C@@H]1NC(=O)[C@H](C(C)C)N(C)C(=O)C[C@@H](C)NC(=O)[C@H](CC(C)C)N(C)C(=O)C2(CCCC2)NC(=O)[C@H](CC(C)C)N(C)C(=O)[C@H](CCC2CCC(C(F)(F)F)CC2)NC(=O)CN(C)C(=O)[C@H](CC2CCC(Cl)CC2)N(C)C(=O)[C@@H]2CCN2C(=O)CN(C)C1=O. The first-order valence-electron chi connectivity index (χ1n) is 34.2. The van der Waals surface area contributed by atoms with Crippen LogP contribution in [0.25, 0.3) is 0 Å². The third-order valence-corrected chi connectivity index (χ3v) is 21.0. The molecule has 9 atom stereocenters. The summed E-state index contributed by atoms with van der Waals surface area (Å²) in [7, 11) is 8.72. The summed E-state index contributed by atoms with van der Waals surface area (Å²) in [6.07, 6.45) is 1.41. The quantitative estimate of drug-likeness (QED) is 0.159. The maximum atomic E-state index is 15.2. The number of hydrogen-bond donors (Lipinski definition) is 4. The molecule has 528 valence electrons. The minimum absolute atomic E-state index is 0.0168. The number of hydrogen-bond acceptors (Lipinski definition) is 11. The van der Waals surface area contributed by atoms with E-state index in [0.717, 1.165) is 0 Å². The molecule has 2 saturated heterocycles. The van der Waals surface area contributed by atoms with E-state index in [-0.39, 0.29) is 119 Å². The molecule has 0 unspecified atom stereocenters. The number of rotatable bonds is 12. The highest BCUT2D eigenvalue weighted by molar-refractivity contribution is 6.20. The van der Waals surface area contributed by atoms with Crippen molar-refractivity contribution in [3.63, 3.8) is 0 Å². The van der Waals surface area contributed by atoms with Crippen LogP contribution in [0.4, 0.5) is 13.2 Å². The van der Waals surface area contributed by atoms with E-state index in [2.05, 4.69) is 21.3 Å². The molecular weight excluding hydrogens is 1230 g/mol. The van der Waals surface area contributed by atoms with Gasteiger partial charge in [0.05, 0.1) is 19.0 Å². The molecule has 5 aliphatic rings. The van der Waals surface area contributed by atoms with Crippen molar-refractivity contribution >= 4 is 76.6 Å². The highest BCUT2D eigenvalue weighted by atomic mass is 35.5. The Hall–Kier alpha value is -5.75. The molecule has 3 aliphatic carbocycles. The summed E-state index contributed by atoms with van der Waals surface area (Å²) in [6.45, 7) is 15.4. The summed E-state index contributed by atoms with van der Waals surface area (Å²) < 4.78 is 41.4.